The van der Waals surface area contributed by atoms with Gasteiger partial charge < -0.3 is 5.11 Å². The van der Waals surface area contributed by atoms with Gasteiger partial charge >= 0.3 is 10.4 Å². The molecule has 0 spiro atoms. The number of rotatable bonds is 18. The molecule has 0 heterocycles. The van der Waals surface area contributed by atoms with Crippen molar-refractivity contribution >= 4 is 10.4 Å². The summed E-state index contributed by atoms with van der Waals surface area (Å²) in [6.45, 7) is 1.89. The molecule has 1 unspecified atom stereocenters. The summed E-state index contributed by atoms with van der Waals surface area (Å²) < 4.78 is 33.3. The molecule has 0 aromatic heterocycles. The predicted octanol–water partition coefficient (Wildman–Crippen LogP) is 5.04. The van der Waals surface area contributed by atoms with Crippen molar-refractivity contribution in [3.8, 4) is 0 Å². The van der Waals surface area contributed by atoms with Crippen LogP contribution in [0.2, 0.25) is 0 Å². The molecule has 0 aliphatic heterocycles. The molecule has 0 bridgehead atoms. The zero-order chi connectivity index (χ0) is 18.1. The molecule has 0 aliphatic carbocycles. The highest BCUT2D eigenvalue weighted by Crippen LogP contribution is 2.13. The van der Waals surface area contributed by atoms with Crippen LogP contribution < -0.4 is 0 Å². The Bertz CT molecular complexity index is 356. The molecule has 0 aliphatic rings. The van der Waals surface area contributed by atoms with E-state index in [9.17, 15) is 13.5 Å². The first-order valence-corrected chi connectivity index (χ1v) is 11.1. The second kappa shape index (κ2) is 16.3. The van der Waals surface area contributed by atoms with Gasteiger partial charge in [-0.05, 0) is 6.42 Å². The van der Waals surface area contributed by atoms with Gasteiger partial charge in [0, 0.05) is 0 Å². The van der Waals surface area contributed by atoms with Crippen LogP contribution in [0.25, 0.3) is 0 Å². The second-order valence-electron chi connectivity index (χ2n) is 6.75. The lowest BCUT2D eigenvalue weighted by Gasteiger charge is -2.09. The molecule has 0 aromatic rings. The Morgan fingerprint density at radius 3 is 1.50 bits per heavy atom. The van der Waals surface area contributed by atoms with Crippen LogP contribution in [0.4, 0.5) is 0 Å². The lowest BCUT2D eigenvalue weighted by atomic mass is 10.0. The highest BCUT2D eigenvalue weighted by Gasteiger charge is 2.10. The zero-order valence-electron chi connectivity index (χ0n) is 15.4. The largest absolute Gasteiger partial charge is 0.397 e. The summed E-state index contributed by atoms with van der Waals surface area (Å²) in [5, 5.41) is 9.50. The summed E-state index contributed by atoms with van der Waals surface area (Å²) in [6, 6.07) is 0. The van der Waals surface area contributed by atoms with Crippen molar-refractivity contribution in [1.29, 1.82) is 0 Å². The van der Waals surface area contributed by atoms with Gasteiger partial charge in [-0.15, -0.1) is 0 Å². The maximum absolute atomic E-state index is 10.4. The first-order valence-electron chi connectivity index (χ1n) is 9.75. The normalized spacial score (nSPS) is 13.3. The number of hydrogen-bond donors (Lipinski definition) is 2. The summed E-state index contributed by atoms with van der Waals surface area (Å²) >= 11 is 0. The van der Waals surface area contributed by atoms with E-state index < -0.39 is 16.5 Å². The molecular weight excluding hydrogens is 328 g/mol. The molecule has 0 amide bonds. The number of aliphatic hydroxyl groups is 1. The zero-order valence-corrected chi connectivity index (χ0v) is 16.2. The fraction of sp³-hybridized carbons (Fsp3) is 1.00. The third-order valence-electron chi connectivity index (χ3n) is 4.30. The van der Waals surface area contributed by atoms with Crippen LogP contribution >= 0.6 is 0 Å². The second-order valence-corrected chi connectivity index (χ2v) is 7.84. The van der Waals surface area contributed by atoms with E-state index in [2.05, 4.69) is 11.1 Å². The minimum atomic E-state index is -4.44. The summed E-state index contributed by atoms with van der Waals surface area (Å²) in [5.41, 5.74) is 0. The maximum Gasteiger partial charge on any atom is 0.397 e. The van der Waals surface area contributed by atoms with Gasteiger partial charge in [-0.2, -0.15) is 8.42 Å². The van der Waals surface area contributed by atoms with Crippen molar-refractivity contribution < 1.29 is 22.3 Å². The van der Waals surface area contributed by atoms with Gasteiger partial charge in [0.2, 0.25) is 0 Å². The standard InChI is InChI=1S/C18H38O5S/c1-2-3-4-5-6-7-8-9-10-11-12-13-14-15-16-18(19)17-23-24(20,21)22/h18-19H,2-17H2,1H3,(H,20,21,22). The first-order chi connectivity index (χ1) is 11.5. The minimum Gasteiger partial charge on any atom is -0.391 e. The monoisotopic (exact) mass is 366 g/mol. The van der Waals surface area contributed by atoms with Gasteiger partial charge in [0.15, 0.2) is 0 Å². The Morgan fingerprint density at radius 1 is 0.750 bits per heavy atom. The van der Waals surface area contributed by atoms with Crippen LogP contribution in [0.3, 0.4) is 0 Å². The molecular formula is C18H38O5S. The Hall–Kier alpha value is -0.170. The topological polar surface area (TPSA) is 83.8 Å². The Morgan fingerprint density at radius 2 is 1.12 bits per heavy atom. The van der Waals surface area contributed by atoms with Gasteiger partial charge in [-0.1, -0.05) is 96.8 Å². The van der Waals surface area contributed by atoms with Gasteiger partial charge in [-0.3, -0.25) is 4.55 Å². The molecule has 1 atom stereocenters. The lowest BCUT2D eigenvalue weighted by Crippen LogP contribution is -2.18. The van der Waals surface area contributed by atoms with Gasteiger partial charge in [0.25, 0.3) is 0 Å². The molecule has 24 heavy (non-hydrogen) atoms. The molecule has 0 fully saturated rings. The van der Waals surface area contributed by atoms with Crippen LogP contribution in [-0.4, -0.2) is 30.8 Å². The Kier molecular flexibility index (Phi) is 16.2. The Labute approximate surface area is 149 Å². The van der Waals surface area contributed by atoms with Crippen LogP contribution in [-0.2, 0) is 14.6 Å². The molecule has 0 radical (unpaired) electrons. The van der Waals surface area contributed by atoms with E-state index >= 15 is 0 Å². The molecule has 0 aromatic carbocycles. The minimum absolute atomic E-state index is 0.364. The highest BCUT2D eigenvalue weighted by molar-refractivity contribution is 7.80. The first kappa shape index (κ1) is 23.8. The Balaban J connectivity index is 3.17. The fourth-order valence-corrected chi connectivity index (χ4v) is 3.15. The van der Waals surface area contributed by atoms with E-state index in [-0.39, 0.29) is 6.61 Å². The number of unbranched alkanes of at least 4 members (excludes halogenated alkanes) is 13. The van der Waals surface area contributed by atoms with Crippen molar-refractivity contribution in [2.45, 2.75) is 109 Å². The quantitative estimate of drug-likeness (QED) is 0.262. The average Bonchev–Trinajstić information content (AvgIpc) is 2.52. The van der Waals surface area contributed by atoms with Crippen molar-refractivity contribution in [3.05, 3.63) is 0 Å². The van der Waals surface area contributed by atoms with E-state index in [1.807, 2.05) is 0 Å². The molecule has 2 N–H and O–H groups in total. The van der Waals surface area contributed by atoms with Crippen molar-refractivity contribution in [2.75, 3.05) is 6.61 Å². The third-order valence-corrected chi connectivity index (χ3v) is 4.73. The highest BCUT2D eigenvalue weighted by atomic mass is 32.3. The summed E-state index contributed by atoms with van der Waals surface area (Å²) in [6.07, 6.45) is 17.5. The van der Waals surface area contributed by atoms with Crippen LogP contribution in [0.15, 0.2) is 0 Å². The fourth-order valence-electron chi connectivity index (χ4n) is 2.82. The van der Waals surface area contributed by atoms with Gasteiger partial charge in [0.05, 0.1) is 12.7 Å². The molecule has 0 rings (SSSR count). The van der Waals surface area contributed by atoms with E-state index in [0.717, 1.165) is 19.3 Å². The smallest absolute Gasteiger partial charge is 0.391 e. The molecule has 146 valence electrons. The SMILES string of the molecule is CCCCCCCCCCCCCCCCC(O)COS(=O)(=O)O. The van der Waals surface area contributed by atoms with Crippen LogP contribution in [0, 0.1) is 0 Å². The average molecular weight is 367 g/mol. The number of hydrogen-bond acceptors (Lipinski definition) is 4. The maximum atomic E-state index is 10.4. The summed E-state index contributed by atoms with van der Waals surface area (Å²) in [7, 11) is -4.44. The third kappa shape index (κ3) is 19.9. The number of aliphatic hydroxyl groups excluding tert-OH is 1. The van der Waals surface area contributed by atoms with E-state index in [1.165, 1.54) is 70.6 Å². The van der Waals surface area contributed by atoms with Crippen LogP contribution in [0.5, 0.6) is 0 Å². The van der Waals surface area contributed by atoms with Crippen molar-refractivity contribution in [3.63, 3.8) is 0 Å². The van der Waals surface area contributed by atoms with E-state index in [0.29, 0.717) is 6.42 Å². The summed E-state index contributed by atoms with van der Waals surface area (Å²) in [4.78, 5) is 0. The molecule has 6 heteroatoms. The van der Waals surface area contributed by atoms with Crippen LogP contribution in [0.1, 0.15) is 103 Å². The predicted molar refractivity (Wildman–Crippen MR) is 98.4 cm³/mol. The van der Waals surface area contributed by atoms with Crippen molar-refractivity contribution in [1.82, 2.24) is 0 Å². The molecule has 0 saturated carbocycles. The van der Waals surface area contributed by atoms with Gasteiger partial charge in [-0.25, -0.2) is 4.18 Å². The van der Waals surface area contributed by atoms with Gasteiger partial charge in [0.1, 0.15) is 0 Å². The lowest BCUT2D eigenvalue weighted by molar-refractivity contribution is 0.0935. The van der Waals surface area contributed by atoms with E-state index in [1.54, 1.807) is 0 Å². The molecule has 5 nitrogen and oxygen atoms in total. The van der Waals surface area contributed by atoms with E-state index in [4.69, 9.17) is 4.55 Å². The summed E-state index contributed by atoms with van der Waals surface area (Å²) in [5.74, 6) is 0. The van der Waals surface area contributed by atoms with Crippen molar-refractivity contribution in [2.24, 2.45) is 0 Å². The molecule has 0 saturated heterocycles.